The summed E-state index contributed by atoms with van der Waals surface area (Å²) in [7, 11) is 0. The highest BCUT2D eigenvalue weighted by Crippen LogP contribution is 2.15. The molecule has 2 rings (SSSR count). The standard InChI is InChI=1S/C21H31NO3/c1-2-25-21(24)10-6-3-5-9-20(23)19-13-11-18(12-14-19)17-22-15-7-4-8-16-22/h11-14H,2-10,15-17H2,1H3. The quantitative estimate of drug-likeness (QED) is 0.359. The number of nitrogens with zero attached hydrogens (tertiary/aromatic N) is 1. The molecule has 0 aromatic heterocycles. The van der Waals surface area contributed by atoms with Crippen LogP contribution in [0.15, 0.2) is 24.3 Å². The normalized spacial score (nSPS) is 15.1. The number of esters is 1. The summed E-state index contributed by atoms with van der Waals surface area (Å²) in [5.41, 5.74) is 2.08. The van der Waals surface area contributed by atoms with Crippen LogP contribution < -0.4 is 0 Å². The second-order valence-corrected chi connectivity index (χ2v) is 6.82. The van der Waals surface area contributed by atoms with Gasteiger partial charge in [-0.2, -0.15) is 0 Å². The van der Waals surface area contributed by atoms with Gasteiger partial charge in [0.25, 0.3) is 0 Å². The highest BCUT2D eigenvalue weighted by molar-refractivity contribution is 5.96. The summed E-state index contributed by atoms with van der Waals surface area (Å²) >= 11 is 0. The maximum Gasteiger partial charge on any atom is 0.305 e. The third kappa shape index (κ3) is 7.39. The lowest BCUT2D eigenvalue weighted by Crippen LogP contribution is -2.29. The van der Waals surface area contributed by atoms with Crippen LogP contribution in [0.1, 0.15) is 74.2 Å². The summed E-state index contributed by atoms with van der Waals surface area (Å²) < 4.78 is 4.90. The third-order valence-electron chi connectivity index (χ3n) is 4.72. The topological polar surface area (TPSA) is 46.6 Å². The summed E-state index contributed by atoms with van der Waals surface area (Å²) in [6.45, 7) is 5.61. The molecule has 25 heavy (non-hydrogen) atoms. The van der Waals surface area contributed by atoms with E-state index in [0.29, 0.717) is 19.4 Å². The summed E-state index contributed by atoms with van der Waals surface area (Å²) in [4.78, 5) is 26.0. The van der Waals surface area contributed by atoms with Crippen LogP contribution in [0.4, 0.5) is 0 Å². The fourth-order valence-electron chi connectivity index (χ4n) is 3.28. The first-order valence-corrected chi connectivity index (χ1v) is 9.69. The van der Waals surface area contributed by atoms with Gasteiger partial charge in [0, 0.05) is 24.9 Å². The number of piperidine rings is 1. The van der Waals surface area contributed by atoms with Crippen LogP contribution in [0.25, 0.3) is 0 Å². The SMILES string of the molecule is CCOC(=O)CCCCCC(=O)c1ccc(CN2CCCCC2)cc1. The molecule has 0 bridgehead atoms. The molecule has 0 saturated carbocycles. The Labute approximate surface area is 151 Å². The molecule has 0 aliphatic carbocycles. The second kappa shape index (κ2) is 11.0. The number of hydrogen-bond donors (Lipinski definition) is 0. The van der Waals surface area contributed by atoms with Crippen LogP contribution >= 0.6 is 0 Å². The molecule has 138 valence electrons. The fourth-order valence-corrected chi connectivity index (χ4v) is 3.28. The van der Waals surface area contributed by atoms with Gasteiger partial charge in [-0.05, 0) is 51.3 Å². The number of likely N-dealkylation sites (tertiary alicyclic amines) is 1. The minimum Gasteiger partial charge on any atom is -0.466 e. The van der Waals surface area contributed by atoms with E-state index < -0.39 is 0 Å². The molecule has 1 aliphatic rings. The molecule has 1 fully saturated rings. The first-order valence-electron chi connectivity index (χ1n) is 9.69. The smallest absolute Gasteiger partial charge is 0.305 e. The molecule has 1 heterocycles. The molecule has 0 N–H and O–H groups in total. The molecule has 1 saturated heterocycles. The lowest BCUT2D eigenvalue weighted by atomic mass is 10.0. The van der Waals surface area contributed by atoms with Crippen molar-refractivity contribution in [2.45, 2.75) is 64.8 Å². The highest BCUT2D eigenvalue weighted by Gasteiger charge is 2.11. The minimum atomic E-state index is -0.141. The van der Waals surface area contributed by atoms with E-state index in [-0.39, 0.29) is 11.8 Å². The van der Waals surface area contributed by atoms with Crippen LogP contribution in [0.5, 0.6) is 0 Å². The predicted octanol–water partition coefficient (Wildman–Crippen LogP) is 4.37. The zero-order chi connectivity index (χ0) is 17.9. The number of benzene rings is 1. The number of unbranched alkanes of at least 4 members (excludes halogenated alkanes) is 2. The van der Waals surface area contributed by atoms with Gasteiger partial charge in [-0.25, -0.2) is 0 Å². The van der Waals surface area contributed by atoms with E-state index in [9.17, 15) is 9.59 Å². The van der Waals surface area contributed by atoms with E-state index in [1.165, 1.54) is 37.9 Å². The van der Waals surface area contributed by atoms with Gasteiger partial charge in [-0.1, -0.05) is 37.1 Å². The lowest BCUT2D eigenvalue weighted by Gasteiger charge is -2.26. The van der Waals surface area contributed by atoms with Gasteiger partial charge in [-0.3, -0.25) is 14.5 Å². The Hall–Kier alpha value is -1.68. The Kier molecular flexibility index (Phi) is 8.67. The summed E-state index contributed by atoms with van der Waals surface area (Å²) in [6, 6.07) is 8.09. The van der Waals surface area contributed by atoms with E-state index in [2.05, 4.69) is 17.0 Å². The maximum atomic E-state index is 12.2. The van der Waals surface area contributed by atoms with Crippen LogP contribution in [-0.4, -0.2) is 36.3 Å². The van der Waals surface area contributed by atoms with Crippen molar-refractivity contribution < 1.29 is 14.3 Å². The summed E-state index contributed by atoms with van der Waals surface area (Å²) in [5, 5.41) is 0. The Morgan fingerprint density at radius 1 is 0.960 bits per heavy atom. The van der Waals surface area contributed by atoms with E-state index in [1.54, 1.807) is 0 Å². The summed E-state index contributed by atoms with van der Waals surface area (Å²) in [5.74, 6) is 0.0544. The molecule has 0 spiro atoms. The van der Waals surface area contributed by atoms with Crippen molar-refractivity contribution in [1.29, 1.82) is 0 Å². The zero-order valence-electron chi connectivity index (χ0n) is 15.5. The Morgan fingerprint density at radius 3 is 2.32 bits per heavy atom. The number of hydrogen-bond acceptors (Lipinski definition) is 4. The second-order valence-electron chi connectivity index (χ2n) is 6.82. The number of carbonyl (C=O) groups excluding carboxylic acids is 2. The van der Waals surface area contributed by atoms with Crippen molar-refractivity contribution >= 4 is 11.8 Å². The lowest BCUT2D eigenvalue weighted by molar-refractivity contribution is -0.143. The highest BCUT2D eigenvalue weighted by atomic mass is 16.5. The van der Waals surface area contributed by atoms with Gasteiger partial charge in [-0.15, -0.1) is 0 Å². The molecule has 1 aromatic carbocycles. The van der Waals surface area contributed by atoms with Gasteiger partial charge in [0.2, 0.25) is 0 Å². The van der Waals surface area contributed by atoms with Crippen LogP contribution in [-0.2, 0) is 16.1 Å². The first kappa shape index (κ1) is 19.6. The van der Waals surface area contributed by atoms with Crippen molar-refractivity contribution in [2.75, 3.05) is 19.7 Å². The molecule has 1 aromatic rings. The van der Waals surface area contributed by atoms with Gasteiger partial charge in [0.15, 0.2) is 5.78 Å². The van der Waals surface area contributed by atoms with Gasteiger partial charge >= 0.3 is 5.97 Å². The minimum absolute atomic E-state index is 0.141. The van der Waals surface area contributed by atoms with E-state index >= 15 is 0 Å². The van der Waals surface area contributed by atoms with E-state index in [0.717, 1.165) is 31.4 Å². The molecular formula is C21H31NO3. The van der Waals surface area contributed by atoms with Crippen molar-refractivity contribution in [2.24, 2.45) is 0 Å². The molecule has 0 unspecified atom stereocenters. The predicted molar refractivity (Wildman–Crippen MR) is 99.6 cm³/mol. The van der Waals surface area contributed by atoms with Crippen LogP contribution in [0.2, 0.25) is 0 Å². The molecule has 0 atom stereocenters. The van der Waals surface area contributed by atoms with Crippen molar-refractivity contribution in [1.82, 2.24) is 4.90 Å². The number of Topliss-reactive ketones (excluding diaryl/α,β-unsaturated/α-hetero) is 1. The Morgan fingerprint density at radius 2 is 1.64 bits per heavy atom. The van der Waals surface area contributed by atoms with Crippen LogP contribution in [0.3, 0.4) is 0 Å². The van der Waals surface area contributed by atoms with E-state index in [4.69, 9.17) is 4.74 Å². The Bertz CT molecular complexity index is 533. The monoisotopic (exact) mass is 345 g/mol. The molecule has 0 amide bonds. The van der Waals surface area contributed by atoms with Crippen molar-refractivity contribution in [3.05, 3.63) is 35.4 Å². The zero-order valence-corrected chi connectivity index (χ0v) is 15.5. The van der Waals surface area contributed by atoms with E-state index in [1.807, 2.05) is 19.1 Å². The molecule has 4 heteroatoms. The fraction of sp³-hybridized carbons (Fsp3) is 0.619. The largest absolute Gasteiger partial charge is 0.466 e. The molecule has 4 nitrogen and oxygen atoms in total. The third-order valence-corrected chi connectivity index (χ3v) is 4.72. The van der Waals surface area contributed by atoms with Gasteiger partial charge < -0.3 is 4.74 Å². The van der Waals surface area contributed by atoms with Gasteiger partial charge in [0.1, 0.15) is 0 Å². The number of carbonyl (C=O) groups is 2. The molecule has 0 radical (unpaired) electrons. The average Bonchev–Trinajstić information content (AvgIpc) is 2.63. The van der Waals surface area contributed by atoms with Crippen LogP contribution in [0, 0.1) is 0 Å². The molecular weight excluding hydrogens is 314 g/mol. The number of rotatable bonds is 10. The Balaban J connectivity index is 1.66. The number of ketones is 1. The maximum absolute atomic E-state index is 12.2. The number of ether oxygens (including phenoxy) is 1. The average molecular weight is 345 g/mol. The van der Waals surface area contributed by atoms with Crippen molar-refractivity contribution in [3.63, 3.8) is 0 Å². The first-order chi connectivity index (χ1) is 12.2. The summed E-state index contributed by atoms with van der Waals surface area (Å²) in [6.07, 6.45) is 7.46. The molecule has 1 aliphatic heterocycles. The van der Waals surface area contributed by atoms with Gasteiger partial charge in [0.05, 0.1) is 6.61 Å². The van der Waals surface area contributed by atoms with Crippen molar-refractivity contribution in [3.8, 4) is 0 Å².